The molecular formula is C12H18N2O2S. The molecule has 0 bridgehead atoms. The van der Waals surface area contributed by atoms with Gasteiger partial charge < -0.3 is 5.73 Å². The second-order valence-electron chi connectivity index (χ2n) is 4.82. The van der Waals surface area contributed by atoms with E-state index < -0.39 is 9.84 Å². The van der Waals surface area contributed by atoms with Crippen LogP contribution in [0.15, 0.2) is 18.5 Å². The summed E-state index contributed by atoms with van der Waals surface area (Å²) in [6.45, 7) is 0. The Hall–Kier alpha value is -1.10. The average molecular weight is 254 g/mol. The fourth-order valence-corrected chi connectivity index (χ4v) is 3.75. The number of anilines is 1. The van der Waals surface area contributed by atoms with E-state index in [0.717, 1.165) is 30.5 Å². The summed E-state index contributed by atoms with van der Waals surface area (Å²) in [6, 6.07) is 1.78. The van der Waals surface area contributed by atoms with Crippen LogP contribution in [0.5, 0.6) is 0 Å². The molecule has 0 aromatic carbocycles. The number of hydrogen-bond acceptors (Lipinski definition) is 4. The van der Waals surface area contributed by atoms with Crippen molar-refractivity contribution in [3.8, 4) is 0 Å². The highest BCUT2D eigenvalue weighted by atomic mass is 32.2. The molecular weight excluding hydrogens is 236 g/mol. The minimum absolute atomic E-state index is 0.221. The van der Waals surface area contributed by atoms with Gasteiger partial charge in [-0.3, -0.25) is 4.98 Å². The smallest absolute Gasteiger partial charge is 0.150 e. The van der Waals surface area contributed by atoms with Gasteiger partial charge in [0.25, 0.3) is 0 Å². The summed E-state index contributed by atoms with van der Waals surface area (Å²) in [7, 11) is -2.94. The molecule has 1 fully saturated rings. The summed E-state index contributed by atoms with van der Waals surface area (Å²) in [6.07, 6.45) is 8.15. The highest BCUT2D eigenvalue weighted by molar-refractivity contribution is 7.91. The zero-order valence-corrected chi connectivity index (χ0v) is 10.8. The Bertz CT molecular complexity index is 499. The fourth-order valence-electron chi connectivity index (χ4n) is 2.57. The first kappa shape index (κ1) is 12.4. The predicted octanol–water partition coefficient (Wildman–Crippen LogP) is 1.73. The molecule has 5 heteroatoms. The van der Waals surface area contributed by atoms with Crippen LogP contribution in [0.4, 0.5) is 5.69 Å². The highest BCUT2D eigenvalue weighted by Crippen LogP contribution is 2.37. The van der Waals surface area contributed by atoms with Gasteiger partial charge in [0.1, 0.15) is 9.84 Å². The molecule has 17 heavy (non-hydrogen) atoms. The highest BCUT2D eigenvalue weighted by Gasteiger charge is 2.30. The Morgan fingerprint density at radius 3 is 2.82 bits per heavy atom. The lowest BCUT2D eigenvalue weighted by Gasteiger charge is -2.28. The lowest BCUT2D eigenvalue weighted by atomic mass is 9.84. The van der Waals surface area contributed by atoms with E-state index in [4.69, 9.17) is 5.73 Å². The number of hydrogen-bond donors (Lipinski definition) is 1. The van der Waals surface area contributed by atoms with E-state index in [-0.39, 0.29) is 11.2 Å². The van der Waals surface area contributed by atoms with Gasteiger partial charge in [-0.15, -0.1) is 0 Å². The molecule has 1 heterocycles. The van der Waals surface area contributed by atoms with Gasteiger partial charge in [0.2, 0.25) is 0 Å². The van der Waals surface area contributed by atoms with Crippen molar-refractivity contribution >= 4 is 15.5 Å². The summed E-state index contributed by atoms with van der Waals surface area (Å²) in [5.74, 6) is 0.233. The molecule has 4 nitrogen and oxygen atoms in total. The van der Waals surface area contributed by atoms with E-state index in [1.807, 2.05) is 0 Å². The van der Waals surface area contributed by atoms with E-state index in [9.17, 15) is 8.42 Å². The van der Waals surface area contributed by atoms with Gasteiger partial charge in [-0.05, 0) is 36.8 Å². The SMILES string of the molecule is CS(=O)(=O)C1CCCC(c2cnccc2N)C1. The van der Waals surface area contributed by atoms with E-state index >= 15 is 0 Å². The van der Waals surface area contributed by atoms with Gasteiger partial charge >= 0.3 is 0 Å². The molecule has 0 saturated heterocycles. The molecule has 2 unspecified atom stereocenters. The standard InChI is InChI=1S/C12H18N2O2S/c1-17(15,16)10-4-2-3-9(7-10)11-8-14-6-5-12(11)13/h5-6,8-10H,2-4,7H2,1H3,(H2,13,14). The lowest BCUT2D eigenvalue weighted by Crippen LogP contribution is -2.26. The molecule has 0 spiro atoms. The van der Waals surface area contributed by atoms with Gasteiger partial charge in [-0.1, -0.05) is 6.42 Å². The van der Waals surface area contributed by atoms with Gasteiger partial charge in [-0.2, -0.15) is 0 Å². The Labute approximate surface area is 102 Å². The molecule has 1 aliphatic rings. The number of nitrogen functional groups attached to an aromatic ring is 1. The number of rotatable bonds is 2. The summed E-state index contributed by atoms with van der Waals surface area (Å²) in [5, 5.41) is -0.221. The zero-order chi connectivity index (χ0) is 12.5. The largest absolute Gasteiger partial charge is 0.398 e. The van der Waals surface area contributed by atoms with E-state index in [1.165, 1.54) is 6.26 Å². The number of aromatic nitrogens is 1. The van der Waals surface area contributed by atoms with Crippen molar-refractivity contribution in [3.63, 3.8) is 0 Å². The first-order valence-corrected chi connectivity index (χ1v) is 7.82. The summed E-state index contributed by atoms with van der Waals surface area (Å²) in [5.41, 5.74) is 7.64. The monoisotopic (exact) mass is 254 g/mol. The minimum Gasteiger partial charge on any atom is -0.398 e. The van der Waals surface area contributed by atoms with Crippen LogP contribution in [-0.2, 0) is 9.84 Å². The van der Waals surface area contributed by atoms with Gasteiger partial charge in [0.05, 0.1) is 5.25 Å². The Balaban J connectivity index is 2.21. The zero-order valence-electron chi connectivity index (χ0n) is 9.96. The average Bonchev–Trinajstić information content (AvgIpc) is 2.29. The molecule has 2 N–H and O–H groups in total. The Kier molecular flexibility index (Phi) is 3.38. The Morgan fingerprint density at radius 2 is 2.18 bits per heavy atom. The topological polar surface area (TPSA) is 73.0 Å². The van der Waals surface area contributed by atoms with E-state index in [1.54, 1.807) is 18.5 Å². The minimum atomic E-state index is -2.94. The molecule has 2 atom stereocenters. The number of sulfone groups is 1. The second kappa shape index (κ2) is 4.64. The van der Waals surface area contributed by atoms with Crippen molar-refractivity contribution in [2.75, 3.05) is 12.0 Å². The maximum atomic E-state index is 11.6. The van der Waals surface area contributed by atoms with Crippen molar-refractivity contribution in [1.82, 2.24) is 4.98 Å². The summed E-state index contributed by atoms with van der Waals surface area (Å²) < 4.78 is 23.2. The summed E-state index contributed by atoms with van der Waals surface area (Å²) >= 11 is 0. The van der Waals surface area contributed by atoms with Crippen molar-refractivity contribution in [2.24, 2.45) is 0 Å². The predicted molar refractivity (Wildman–Crippen MR) is 68.5 cm³/mol. The van der Waals surface area contributed by atoms with Crippen LogP contribution in [0, 0.1) is 0 Å². The van der Waals surface area contributed by atoms with Crippen LogP contribution in [0.25, 0.3) is 0 Å². The molecule has 1 aliphatic carbocycles. The molecule has 0 radical (unpaired) electrons. The third-order valence-electron chi connectivity index (χ3n) is 3.56. The van der Waals surface area contributed by atoms with Crippen LogP contribution in [0.1, 0.15) is 37.2 Å². The maximum Gasteiger partial charge on any atom is 0.150 e. The fraction of sp³-hybridized carbons (Fsp3) is 0.583. The summed E-state index contributed by atoms with van der Waals surface area (Å²) in [4.78, 5) is 4.08. The van der Waals surface area contributed by atoms with Crippen molar-refractivity contribution in [2.45, 2.75) is 36.9 Å². The maximum absolute atomic E-state index is 11.6. The van der Waals surface area contributed by atoms with Crippen LogP contribution < -0.4 is 5.73 Å². The van der Waals surface area contributed by atoms with Gasteiger partial charge in [0.15, 0.2) is 0 Å². The third kappa shape index (κ3) is 2.77. The van der Waals surface area contributed by atoms with Gasteiger partial charge in [-0.25, -0.2) is 8.42 Å². The normalized spacial score (nSPS) is 25.7. The number of pyridine rings is 1. The molecule has 0 aliphatic heterocycles. The van der Waals surface area contributed by atoms with Crippen molar-refractivity contribution in [1.29, 1.82) is 0 Å². The molecule has 1 aromatic rings. The van der Waals surface area contributed by atoms with E-state index in [0.29, 0.717) is 6.42 Å². The molecule has 2 rings (SSSR count). The molecule has 1 aromatic heterocycles. The number of nitrogens with zero attached hydrogens (tertiary/aromatic N) is 1. The Morgan fingerprint density at radius 1 is 1.41 bits per heavy atom. The van der Waals surface area contributed by atoms with Crippen LogP contribution in [0.3, 0.4) is 0 Å². The molecule has 0 amide bonds. The van der Waals surface area contributed by atoms with E-state index in [2.05, 4.69) is 4.98 Å². The molecule has 94 valence electrons. The number of nitrogens with two attached hydrogens (primary N) is 1. The third-order valence-corrected chi connectivity index (χ3v) is 5.20. The second-order valence-corrected chi connectivity index (χ2v) is 7.15. The molecule has 1 saturated carbocycles. The van der Waals surface area contributed by atoms with Crippen molar-refractivity contribution in [3.05, 3.63) is 24.0 Å². The van der Waals surface area contributed by atoms with Gasteiger partial charge in [0, 0.05) is 24.3 Å². The van der Waals surface area contributed by atoms with Crippen LogP contribution in [0.2, 0.25) is 0 Å². The lowest BCUT2D eigenvalue weighted by molar-refractivity contribution is 0.436. The van der Waals surface area contributed by atoms with Crippen LogP contribution >= 0.6 is 0 Å². The first-order valence-electron chi connectivity index (χ1n) is 5.86. The quantitative estimate of drug-likeness (QED) is 0.872. The first-order chi connectivity index (χ1) is 7.98. The van der Waals surface area contributed by atoms with Crippen LogP contribution in [-0.4, -0.2) is 24.9 Å². The van der Waals surface area contributed by atoms with Crippen molar-refractivity contribution < 1.29 is 8.42 Å².